The summed E-state index contributed by atoms with van der Waals surface area (Å²) in [6.07, 6.45) is 6.31. The minimum absolute atomic E-state index is 0.166. The van der Waals surface area contributed by atoms with Gasteiger partial charge in [0.05, 0.1) is 0 Å². The van der Waals surface area contributed by atoms with Gasteiger partial charge in [-0.05, 0) is 49.3 Å². The van der Waals surface area contributed by atoms with Crippen LogP contribution >= 0.6 is 15.9 Å². The summed E-state index contributed by atoms with van der Waals surface area (Å²) < 4.78 is 16.2. The maximum absolute atomic E-state index is 15.1. The number of benzene rings is 1. The molecule has 1 fully saturated rings. The largest absolute Gasteiger partial charge is 0.296 e. The molecule has 22 heavy (non-hydrogen) atoms. The van der Waals surface area contributed by atoms with Crippen LogP contribution in [0.2, 0.25) is 0 Å². The van der Waals surface area contributed by atoms with Crippen molar-refractivity contribution in [1.29, 1.82) is 0 Å². The number of hydrogen-bond donors (Lipinski definition) is 0. The van der Waals surface area contributed by atoms with Crippen LogP contribution in [-0.2, 0) is 11.2 Å². The summed E-state index contributed by atoms with van der Waals surface area (Å²) in [6, 6.07) is 8.28. The van der Waals surface area contributed by atoms with Crippen LogP contribution in [0.3, 0.4) is 0 Å². The second kappa shape index (κ2) is 6.27. The molecule has 0 spiro atoms. The number of rotatable bonds is 6. The molecule has 0 aromatic heterocycles. The number of unbranched alkanes of at least 4 members (excludes halogenated alkanes) is 1. The lowest BCUT2D eigenvalue weighted by atomic mass is 9.81. The average molecular weight is 365 g/mol. The van der Waals surface area contributed by atoms with Gasteiger partial charge in [0.15, 0.2) is 11.5 Å². The number of hydrogen-bond acceptors (Lipinski definition) is 1. The van der Waals surface area contributed by atoms with E-state index in [9.17, 15) is 4.79 Å². The maximum Gasteiger partial charge on any atom is 0.175 e. The molecule has 2 bridgehead atoms. The Morgan fingerprint density at radius 1 is 1.36 bits per heavy atom. The Morgan fingerprint density at radius 3 is 2.68 bits per heavy atom. The molecule has 1 nitrogen and oxygen atoms in total. The SMILES string of the molecule is CCCCC(=O)[C@@]1(F)C[C@H]2C[C@@H]1C=C2Cc1ccc(Br)cc1. The lowest BCUT2D eigenvalue weighted by Crippen LogP contribution is -2.38. The van der Waals surface area contributed by atoms with Gasteiger partial charge in [-0.1, -0.05) is 53.1 Å². The summed E-state index contributed by atoms with van der Waals surface area (Å²) in [7, 11) is 0. The van der Waals surface area contributed by atoms with Gasteiger partial charge in [0.1, 0.15) is 0 Å². The first-order chi connectivity index (χ1) is 10.5. The fraction of sp³-hybridized carbons (Fsp3) is 0.526. The van der Waals surface area contributed by atoms with Crippen LogP contribution in [-0.4, -0.2) is 11.5 Å². The van der Waals surface area contributed by atoms with E-state index in [-0.39, 0.29) is 17.6 Å². The van der Waals surface area contributed by atoms with Crippen LogP contribution in [0.5, 0.6) is 0 Å². The molecule has 0 N–H and O–H groups in total. The Balaban J connectivity index is 1.69. The van der Waals surface area contributed by atoms with Crippen LogP contribution in [0, 0.1) is 11.8 Å². The van der Waals surface area contributed by atoms with Crippen molar-refractivity contribution in [3.63, 3.8) is 0 Å². The first-order valence-electron chi connectivity index (χ1n) is 8.20. The van der Waals surface area contributed by atoms with Gasteiger partial charge in [0, 0.05) is 16.8 Å². The summed E-state index contributed by atoms with van der Waals surface area (Å²) >= 11 is 3.44. The first kappa shape index (κ1) is 15.9. The van der Waals surface area contributed by atoms with Gasteiger partial charge < -0.3 is 0 Å². The van der Waals surface area contributed by atoms with Gasteiger partial charge in [0.25, 0.3) is 0 Å². The van der Waals surface area contributed by atoms with E-state index >= 15 is 4.39 Å². The van der Waals surface area contributed by atoms with Crippen LogP contribution in [0.25, 0.3) is 0 Å². The van der Waals surface area contributed by atoms with Gasteiger partial charge in [-0.25, -0.2) is 4.39 Å². The number of carbonyl (C=O) groups is 1. The van der Waals surface area contributed by atoms with E-state index in [2.05, 4.69) is 34.1 Å². The minimum Gasteiger partial charge on any atom is -0.296 e. The highest BCUT2D eigenvalue weighted by Gasteiger charge is 2.55. The van der Waals surface area contributed by atoms with E-state index in [4.69, 9.17) is 0 Å². The Kier molecular flexibility index (Phi) is 4.54. The van der Waals surface area contributed by atoms with Crippen molar-refractivity contribution < 1.29 is 9.18 Å². The molecule has 118 valence electrons. The Hall–Kier alpha value is -0.960. The topological polar surface area (TPSA) is 17.1 Å². The molecule has 2 aliphatic carbocycles. The molecule has 1 saturated carbocycles. The van der Waals surface area contributed by atoms with E-state index < -0.39 is 5.67 Å². The van der Waals surface area contributed by atoms with Crippen molar-refractivity contribution in [2.75, 3.05) is 0 Å². The fourth-order valence-corrected chi connectivity index (χ4v) is 4.14. The molecule has 0 aliphatic heterocycles. The second-order valence-corrected chi connectivity index (χ2v) is 7.59. The Bertz CT molecular complexity index is 592. The van der Waals surface area contributed by atoms with E-state index in [0.717, 1.165) is 30.2 Å². The number of halogens is 2. The average Bonchev–Trinajstić information content (AvgIpc) is 3.04. The predicted octanol–water partition coefficient (Wildman–Crippen LogP) is 5.43. The molecule has 2 aliphatic rings. The van der Waals surface area contributed by atoms with Crippen molar-refractivity contribution in [3.05, 3.63) is 46.0 Å². The second-order valence-electron chi connectivity index (χ2n) is 6.68. The maximum atomic E-state index is 15.1. The fourth-order valence-electron chi connectivity index (χ4n) is 3.87. The van der Waals surface area contributed by atoms with Crippen molar-refractivity contribution >= 4 is 21.7 Å². The molecule has 0 saturated heterocycles. The third kappa shape index (κ3) is 2.92. The summed E-state index contributed by atoms with van der Waals surface area (Å²) in [5.41, 5.74) is 0.996. The third-order valence-corrected chi connectivity index (χ3v) is 5.68. The highest BCUT2D eigenvalue weighted by molar-refractivity contribution is 9.10. The zero-order valence-corrected chi connectivity index (χ0v) is 14.5. The predicted molar refractivity (Wildman–Crippen MR) is 90.5 cm³/mol. The molecule has 0 heterocycles. The molecule has 0 amide bonds. The Labute approximate surface area is 140 Å². The van der Waals surface area contributed by atoms with Crippen LogP contribution < -0.4 is 0 Å². The summed E-state index contributed by atoms with van der Waals surface area (Å²) in [5.74, 6) is -0.0997. The zero-order chi connectivity index (χ0) is 15.7. The van der Waals surface area contributed by atoms with Crippen LogP contribution in [0.4, 0.5) is 4.39 Å². The standard InChI is InChI=1S/C19H22BrFO/c1-2-3-4-18(22)19(21)12-15-11-16(19)10-14(15)9-13-5-7-17(20)8-6-13/h5-8,10,15-16H,2-4,9,11-12H2,1H3/t15-,16+,19-/m1/s1. The molecule has 0 radical (unpaired) electrons. The van der Waals surface area contributed by atoms with Gasteiger partial charge in [-0.15, -0.1) is 0 Å². The van der Waals surface area contributed by atoms with Gasteiger partial charge >= 0.3 is 0 Å². The summed E-state index contributed by atoms with van der Waals surface area (Å²) in [4.78, 5) is 12.2. The monoisotopic (exact) mass is 364 g/mol. The first-order valence-corrected chi connectivity index (χ1v) is 8.99. The van der Waals surface area contributed by atoms with E-state index in [1.807, 2.05) is 19.1 Å². The van der Waals surface area contributed by atoms with E-state index in [1.165, 1.54) is 11.1 Å². The minimum atomic E-state index is -1.58. The van der Waals surface area contributed by atoms with E-state index in [0.29, 0.717) is 12.8 Å². The normalized spacial score (nSPS) is 29.7. The van der Waals surface area contributed by atoms with Crippen LogP contribution in [0.1, 0.15) is 44.6 Å². The number of Topliss-reactive ketones (excluding diaryl/α,β-unsaturated/α-hetero) is 1. The molecular formula is C19H22BrFO. The third-order valence-electron chi connectivity index (χ3n) is 5.15. The smallest absolute Gasteiger partial charge is 0.175 e. The highest BCUT2D eigenvalue weighted by Crippen LogP contribution is 2.53. The Morgan fingerprint density at radius 2 is 2.09 bits per heavy atom. The quantitative estimate of drug-likeness (QED) is 0.615. The van der Waals surface area contributed by atoms with Crippen molar-refractivity contribution in [2.24, 2.45) is 11.8 Å². The zero-order valence-electron chi connectivity index (χ0n) is 12.9. The molecule has 1 aromatic rings. The van der Waals surface area contributed by atoms with Crippen molar-refractivity contribution in [2.45, 2.75) is 51.1 Å². The molecule has 1 aromatic carbocycles. The molecule has 3 heteroatoms. The van der Waals surface area contributed by atoms with Gasteiger partial charge in [0.2, 0.25) is 0 Å². The molecule has 3 rings (SSSR count). The number of alkyl halides is 1. The number of carbonyl (C=O) groups excluding carboxylic acids is 1. The van der Waals surface area contributed by atoms with Crippen LogP contribution in [0.15, 0.2) is 40.4 Å². The molecule has 3 atom stereocenters. The van der Waals surface area contributed by atoms with Gasteiger partial charge in [-0.2, -0.15) is 0 Å². The van der Waals surface area contributed by atoms with Gasteiger partial charge in [-0.3, -0.25) is 4.79 Å². The van der Waals surface area contributed by atoms with Crippen molar-refractivity contribution in [1.82, 2.24) is 0 Å². The van der Waals surface area contributed by atoms with E-state index in [1.54, 1.807) is 0 Å². The number of allylic oxidation sites excluding steroid dienone is 2. The lowest BCUT2D eigenvalue weighted by Gasteiger charge is -2.27. The number of ketones is 1. The summed E-state index contributed by atoms with van der Waals surface area (Å²) in [6.45, 7) is 2.04. The van der Waals surface area contributed by atoms with Crippen molar-refractivity contribution in [3.8, 4) is 0 Å². The molecule has 0 unspecified atom stereocenters. The lowest BCUT2D eigenvalue weighted by molar-refractivity contribution is -0.132. The highest BCUT2D eigenvalue weighted by atomic mass is 79.9. The number of fused-ring (bicyclic) bond motifs is 2. The summed E-state index contributed by atoms with van der Waals surface area (Å²) in [5, 5.41) is 0. The molecular weight excluding hydrogens is 343 g/mol.